The molecular weight excluding hydrogens is 322 g/mol. The Balaban J connectivity index is 2.01. The zero-order chi connectivity index (χ0) is 14.8. The monoisotopic (exact) mass is 343 g/mol. The number of halogens is 1. The molecular formula is C13H22BrN5O. The average Bonchev–Trinajstić information content (AvgIpc) is 2.38. The molecule has 0 atom stereocenters. The fraction of sp³-hybridized carbons (Fsp3) is 0.692. The van der Waals surface area contributed by atoms with Crippen LogP contribution in [0.25, 0.3) is 0 Å². The molecule has 0 saturated carbocycles. The normalized spacial score (nSPS) is 17.4. The Hall–Kier alpha value is -0.920. The number of hydrogen-bond donors (Lipinski definition) is 2. The molecule has 2 heterocycles. The molecule has 0 radical (unpaired) electrons. The number of aliphatic hydroxyl groups is 1. The van der Waals surface area contributed by atoms with Gasteiger partial charge in [-0.2, -0.15) is 0 Å². The van der Waals surface area contributed by atoms with E-state index in [1.165, 1.54) is 0 Å². The lowest BCUT2D eigenvalue weighted by Gasteiger charge is -2.38. The number of nitrogens with one attached hydrogen (secondary N) is 1. The first-order valence-corrected chi connectivity index (χ1v) is 7.58. The van der Waals surface area contributed by atoms with E-state index in [4.69, 9.17) is 0 Å². The summed E-state index contributed by atoms with van der Waals surface area (Å²) in [4.78, 5) is 13.1. The largest absolute Gasteiger partial charge is 0.389 e. The minimum atomic E-state index is -0.642. The van der Waals surface area contributed by atoms with E-state index in [2.05, 4.69) is 41.0 Å². The number of rotatable bonds is 4. The molecule has 1 aromatic rings. The summed E-state index contributed by atoms with van der Waals surface area (Å²) < 4.78 is 0.901. The number of aromatic nitrogens is 2. The molecule has 1 aliphatic heterocycles. The Kier molecular flexibility index (Phi) is 4.82. The van der Waals surface area contributed by atoms with Crippen molar-refractivity contribution >= 4 is 27.6 Å². The number of piperazine rings is 1. The minimum Gasteiger partial charge on any atom is -0.389 e. The third kappa shape index (κ3) is 3.80. The van der Waals surface area contributed by atoms with Gasteiger partial charge in [0.2, 0.25) is 0 Å². The molecule has 0 aromatic carbocycles. The van der Waals surface area contributed by atoms with Gasteiger partial charge in [0.05, 0.1) is 5.60 Å². The zero-order valence-corrected chi connectivity index (χ0v) is 13.8. The van der Waals surface area contributed by atoms with E-state index in [0.29, 0.717) is 6.54 Å². The van der Waals surface area contributed by atoms with E-state index >= 15 is 0 Å². The van der Waals surface area contributed by atoms with Crippen LogP contribution in [0, 0.1) is 0 Å². The van der Waals surface area contributed by atoms with E-state index in [1.54, 1.807) is 6.33 Å². The smallest absolute Gasteiger partial charge is 0.148 e. The summed E-state index contributed by atoms with van der Waals surface area (Å²) >= 11 is 3.56. The fourth-order valence-corrected chi connectivity index (χ4v) is 3.07. The first-order valence-electron chi connectivity index (χ1n) is 6.78. The van der Waals surface area contributed by atoms with E-state index in [9.17, 15) is 5.11 Å². The van der Waals surface area contributed by atoms with Gasteiger partial charge in [-0.05, 0) is 29.8 Å². The SMILES string of the molecule is CNc1ncnc(N2CCN(CC(C)(C)O)CC2)c1Br. The van der Waals surface area contributed by atoms with Gasteiger partial charge in [-0.25, -0.2) is 9.97 Å². The highest BCUT2D eigenvalue weighted by molar-refractivity contribution is 9.10. The Labute approximate surface area is 128 Å². The Morgan fingerprint density at radius 1 is 1.30 bits per heavy atom. The maximum Gasteiger partial charge on any atom is 0.148 e. The molecule has 112 valence electrons. The highest BCUT2D eigenvalue weighted by Gasteiger charge is 2.24. The van der Waals surface area contributed by atoms with Crippen LogP contribution >= 0.6 is 15.9 Å². The minimum absolute atomic E-state index is 0.642. The van der Waals surface area contributed by atoms with Crippen molar-refractivity contribution in [3.8, 4) is 0 Å². The lowest BCUT2D eigenvalue weighted by molar-refractivity contribution is 0.0344. The van der Waals surface area contributed by atoms with Gasteiger partial charge in [0.25, 0.3) is 0 Å². The summed E-state index contributed by atoms with van der Waals surface area (Å²) in [5, 5.41) is 12.9. The van der Waals surface area contributed by atoms with E-state index in [1.807, 2.05) is 20.9 Å². The highest BCUT2D eigenvalue weighted by Crippen LogP contribution is 2.29. The van der Waals surface area contributed by atoms with Crippen LogP contribution in [0.15, 0.2) is 10.8 Å². The topological polar surface area (TPSA) is 64.5 Å². The summed E-state index contributed by atoms with van der Waals surface area (Å²) in [5.74, 6) is 1.72. The third-order valence-electron chi connectivity index (χ3n) is 3.29. The van der Waals surface area contributed by atoms with Gasteiger partial charge in [0, 0.05) is 39.8 Å². The van der Waals surface area contributed by atoms with Crippen LogP contribution in [-0.2, 0) is 0 Å². The molecule has 6 nitrogen and oxygen atoms in total. The van der Waals surface area contributed by atoms with Crippen molar-refractivity contribution in [2.24, 2.45) is 0 Å². The maximum atomic E-state index is 9.87. The van der Waals surface area contributed by atoms with Crippen LogP contribution in [0.2, 0.25) is 0 Å². The number of β-amino-alcohol motifs (C(OH)–C–C–N with tert-alkyl or cyclic N) is 1. The molecule has 2 rings (SSSR count). The molecule has 0 aliphatic carbocycles. The van der Waals surface area contributed by atoms with E-state index in [0.717, 1.165) is 42.3 Å². The molecule has 1 saturated heterocycles. The highest BCUT2D eigenvalue weighted by atomic mass is 79.9. The first-order chi connectivity index (χ1) is 9.40. The standard InChI is InChI=1S/C13H22BrN5O/c1-13(2,20)8-18-4-6-19(7-5-18)12-10(14)11(15-3)16-9-17-12/h9,20H,4-8H2,1-3H3,(H,15,16,17). The second kappa shape index (κ2) is 6.24. The van der Waals surface area contributed by atoms with Crippen LogP contribution in [-0.4, -0.2) is 65.3 Å². The van der Waals surface area contributed by atoms with Gasteiger partial charge in [-0.3, -0.25) is 4.90 Å². The van der Waals surface area contributed by atoms with Gasteiger partial charge < -0.3 is 15.3 Å². The van der Waals surface area contributed by atoms with Crippen molar-refractivity contribution in [3.05, 3.63) is 10.8 Å². The average molecular weight is 344 g/mol. The summed E-state index contributed by atoms with van der Waals surface area (Å²) in [7, 11) is 1.85. The summed E-state index contributed by atoms with van der Waals surface area (Å²) in [6.07, 6.45) is 1.58. The summed E-state index contributed by atoms with van der Waals surface area (Å²) in [6, 6.07) is 0. The lowest BCUT2D eigenvalue weighted by Crippen LogP contribution is -2.50. The summed E-state index contributed by atoms with van der Waals surface area (Å²) in [6.45, 7) is 8.04. The summed E-state index contributed by atoms with van der Waals surface area (Å²) in [5.41, 5.74) is -0.642. The molecule has 0 spiro atoms. The van der Waals surface area contributed by atoms with Gasteiger partial charge in [-0.15, -0.1) is 0 Å². The van der Waals surface area contributed by atoms with Gasteiger partial charge >= 0.3 is 0 Å². The predicted molar refractivity (Wildman–Crippen MR) is 84.2 cm³/mol. The van der Waals surface area contributed by atoms with E-state index < -0.39 is 5.60 Å². The van der Waals surface area contributed by atoms with Crippen molar-refractivity contribution in [3.63, 3.8) is 0 Å². The molecule has 1 fully saturated rings. The van der Waals surface area contributed by atoms with Crippen molar-refractivity contribution in [2.45, 2.75) is 19.4 Å². The van der Waals surface area contributed by atoms with Crippen LogP contribution in [0.5, 0.6) is 0 Å². The van der Waals surface area contributed by atoms with Crippen LogP contribution in [0.1, 0.15) is 13.8 Å². The molecule has 0 amide bonds. The Morgan fingerprint density at radius 3 is 2.50 bits per heavy atom. The zero-order valence-electron chi connectivity index (χ0n) is 12.2. The molecule has 1 aliphatic rings. The number of hydrogen-bond acceptors (Lipinski definition) is 6. The fourth-order valence-electron chi connectivity index (χ4n) is 2.42. The van der Waals surface area contributed by atoms with Crippen molar-refractivity contribution < 1.29 is 5.11 Å². The Morgan fingerprint density at radius 2 is 1.95 bits per heavy atom. The molecule has 1 aromatic heterocycles. The van der Waals surface area contributed by atoms with Crippen molar-refractivity contribution in [2.75, 3.05) is 50.0 Å². The number of nitrogens with zero attached hydrogens (tertiary/aromatic N) is 4. The van der Waals surface area contributed by atoms with Gasteiger partial charge in [-0.1, -0.05) is 0 Å². The second-order valence-corrected chi connectivity index (χ2v) is 6.48. The first kappa shape index (κ1) is 15.5. The van der Waals surface area contributed by atoms with Crippen LogP contribution < -0.4 is 10.2 Å². The molecule has 2 N–H and O–H groups in total. The second-order valence-electron chi connectivity index (χ2n) is 5.69. The quantitative estimate of drug-likeness (QED) is 0.855. The Bertz CT molecular complexity index is 455. The van der Waals surface area contributed by atoms with E-state index in [-0.39, 0.29) is 0 Å². The predicted octanol–water partition coefficient (Wildman–Crippen LogP) is 1.17. The van der Waals surface area contributed by atoms with Crippen LogP contribution in [0.3, 0.4) is 0 Å². The molecule has 0 bridgehead atoms. The van der Waals surface area contributed by atoms with Crippen LogP contribution in [0.4, 0.5) is 11.6 Å². The molecule has 20 heavy (non-hydrogen) atoms. The number of anilines is 2. The van der Waals surface area contributed by atoms with Gasteiger partial charge in [0.1, 0.15) is 22.4 Å². The molecule has 0 unspecified atom stereocenters. The van der Waals surface area contributed by atoms with Gasteiger partial charge in [0.15, 0.2) is 0 Å². The molecule has 7 heteroatoms. The van der Waals surface area contributed by atoms with Crippen molar-refractivity contribution in [1.82, 2.24) is 14.9 Å². The van der Waals surface area contributed by atoms with Crippen molar-refractivity contribution in [1.29, 1.82) is 0 Å². The lowest BCUT2D eigenvalue weighted by atomic mass is 10.1. The third-order valence-corrected chi connectivity index (χ3v) is 4.02. The maximum absolute atomic E-state index is 9.87.